The molecule has 1 aliphatic heterocycles. The number of carbonyl (C=O) groups is 1. The average Bonchev–Trinajstić information content (AvgIpc) is 2.54. The first-order chi connectivity index (χ1) is 10.7. The van der Waals surface area contributed by atoms with Crippen LogP contribution < -0.4 is 25.3 Å². The summed E-state index contributed by atoms with van der Waals surface area (Å²) in [4.78, 5) is 12.3. The van der Waals surface area contributed by atoms with Gasteiger partial charge in [-0.15, -0.1) is 0 Å². The maximum absolute atomic E-state index is 12.3. The van der Waals surface area contributed by atoms with Crippen molar-refractivity contribution in [3.8, 4) is 17.2 Å². The van der Waals surface area contributed by atoms with Gasteiger partial charge in [-0.3, -0.25) is 4.79 Å². The molecule has 0 radical (unpaired) electrons. The summed E-state index contributed by atoms with van der Waals surface area (Å²) in [6, 6.07) is 10.2. The molecule has 0 unspecified atom stereocenters. The van der Waals surface area contributed by atoms with Gasteiger partial charge in [0.05, 0.1) is 12.8 Å². The van der Waals surface area contributed by atoms with E-state index >= 15 is 0 Å². The first kappa shape index (κ1) is 14.1. The Morgan fingerprint density at radius 1 is 1.14 bits per heavy atom. The largest absolute Gasteiger partial charge is 0.495 e. The highest BCUT2D eigenvalue weighted by molar-refractivity contribution is 6.05. The van der Waals surface area contributed by atoms with Crippen molar-refractivity contribution < 1.29 is 19.0 Å². The van der Waals surface area contributed by atoms with Crippen LogP contribution >= 0.6 is 0 Å². The number of amides is 1. The molecule has 6 nitrogen and oxygen atoms in total. The summed E-state index contributed by atoms with van der Waals surface area (Å²) >= 11 is 0. The monoisotopic (exact) mass is 300 g/mol. The zero-order chi connectivity index (χ0) is 15.5. The van der Waals surface area contributed by atoms with Gasteiger partial charge in [0.15, 0.2) is 11.5 Å². The molecule has 6 heteroatoms. The standard InChI is InChI=1S/C16H16N2O4/c1-20-13-4-2-10(8-12(13)17)16(19)18-11-3-5-14-15(9-11)22-7-6-21-14/h2-5,8-9H,6-7,17H2,1H3,(H,18,19). The Kier molecular flexibility index (Phi) is 3.74. The van der Waals surface area contributed by atoms with Gasteiger partial charge >= 0.3 is 0 Å². The van der Waals surface area contributed by atoms with Crippen LogP contribution in [0.15, 0.2) is 36.4 Å². The number of nitrogens with one attached hydrogen (secondary N) is 1. The molecule has 2 aromatic carbocycles. The molecule has 114 valence electrons. The number of nitrogens with two attached hydrogens (primary N) is 1. The van der Waals surface area contributed by atoms with Crippen molar-refractivity contribution in [2.75, 3.05) is 31.4 Å². The Morgan fingerprint density at radius 3 is 2.64 bits per heavy atom. The zero-order valence-electron chi connectivity index (χ0n) is 12.1. The predicted octanol–water partition coefficient (Wildman–Crippen LogP) is 2.30. The third kappa shape index (κ3) is 2.76. The van der Waals surface area contributed by atoms with Crippen LogP contribution in [-0.2, 0) is 0 Å². The van der Waals surface area contributed by atoms with Crippen LogP contribution in [-0.4, -0.2) is 26.2 Å². The van der Waals surface area contributed by atoms with Crippen LogP contribution in [0.25, 0.3) is 0 Å². The fourth-order valence-electron chi connectivity index (χ4n) is 2.20. The molecule has 0 saturated heterocycles. The molecule has 3 N–H and O–H groups in total. The molecule has 1 amide bonds. The van der Waals surface area contributed by atoms with Crippen LogP contribution in [0.4, 0.5) is 11.4 Å². The number of hydrogen-bond donors (Lipinski definition) is 2. The number of ether oxygens (including phenoxy) is 3. The van der Waals surface area contributed by atoms with Crippen molar-refractivity contribution in [1.82, 2.24) is 0 Å². The maximum atomic E-state index is 12.3. The molecule has 2 aromatic rings. The van der Waals surface area contributed by atoms with Crippen molar-refractivity contribution in [2.24, 2.45) is 0 Å². The third-order valence-electron chi connectivity index (χ3n) is 3.29. The normalized spacial score (nSPS) is 12.6. The van der Waals surface area contributed by atoms with E-state index in [1.165, 1.54) is 7.11 Å². The fourth-order valence-corrected chi connectivity index (χ4v) is 2.20. The number of nitrogen functional groups attached to an aromatic ring is 1. The molecule has 1 heterocycles. The van der Waals surface area contributed by atoms with Gasteiger partial charge in [0.25, 0.3) is 5.91 Å². The number of benzene rings is 2. The van der Waals surface area contributed by atoms with E-state index in [4.69, 9.17) is 19.9 Å². The minimum atomic E-state index is -0.258. The third-order valence-corrected chi connectivity index (χ3v) is 3.29. The molecule has 0 bridgehead atoms. The lowest BCUT2D eigenvalue weighted by molar-refractivity contribution is 0.102. The van der Waals surface area contributed by atoms with Gasteiger partial charge in [-0.1, -0.05) is 0 Å². The average molecular weight is 300 g/mol. The topological polar surface area (TPSA) is 82.8 Å². The number of methoxy groups -OCH3 is 1. The summed E-state index contributed by atoms with van der Waals surface area (Å²) in [5.74, 6) is 1.58. The van der Waals surface area contributed by atoms with Crippen molar-refractivity contribution in [2.45, 2.75) is 0 Å². The summed E-state index contributed by atoms with van der Waals surface area (Å²) in [5.41, 5.74) is 7.31. The van der Waals surface area contributed by atoms with E-state index in [0.29, 0.717) is 47.4 Å². The fraction of sp³-hybridized carbons (Fsp3) is 0.188. The van der Waals surface area contributed by atoms with E-state index in [-0.39, 0.29) is 5.91 Å². The number of hydrogen-bond acceptors (Lipinski definition) is 5. The molecule has 0 aliphatic carbocycles. The summed E-state index contributed by atoms with van der Waals surface area (Å²) in [6.45, 7) is 1.03. The Bertz CT molecular complexity index is 715. The second-order valence-corrected chi connectivity index (χ2v) is 4.77. The minimum Gasteiger partial charge on any atom is -0.495 e. The minimum absolute atomic E-state index is 0.258. The number of fused-ring (bicyclic) bond motifs is 1. The summed E-state index contributed by atoms with van der Waals surface area (Å²) in [6.07, 6.45) is 0. The first-order valence-corrected chi connectivity index (χ1v) is 6.82. The lowest BCUT2D eigenvalue weighted by Gasteiger charge is -2.19. The molecule has 0 spiro atoms. The molecule has 0 fully saturated rings. The van der Waals surface area contributed by atoms with E-state index in [0.717, 1.165) is 0 Å². The van der Waals surface area contributed by atoms with Crippen LogP contribution in [0.5, 0.6) is 17.2 Å². The molecule has 3 rings (SSSR count). The summed E-state index contributed by atoms with van der Waals surface area (Å²) in [7, 11) is 1.53. The van der Waals surface area contributed by atoms with Crippen LogP contribution in [0.1, 0.15) is 10.4 Å². The molecule has 0 aromatic heterocycles. The van der Waals surface area contributed by atoms with Crippen LogP contribution in [0, 0.1) is 0 Å². The van der Waals surface area contributed by atoms with Crippen molar-refractivity contribution in [1.29, 1.82) is 0 Å². The highest BCUT2D eigenvalue weighted by Crippen LogP contribution is 2.32. The molecule has 22 heavy (non-hydrogen) atoms. The smallest absolute Gasteiger partial charge is 0.255 e. The second-order valence-electron chi connectivity index (χ2n) is 4.77. The van der Waals surface area contributed by atoms with E-state index in [1.807, 2.05) is 0 Å². The van der Waals surface area contributed by atoms with Crippen molar-refractivity contribution in [3.05, 3.63) is 42.0 Å². The molecule has 0 atom stereocenters. The Morgan fingerprint density at radius 2 is 1.91 bits per heavy atom. The second kappa shape index (κ2) is 5.85. The van der Waals surface area contributed by atoms with Gasteiger partial charge in [-0.25, -0.2) is 0 Å². The summed E-state index contributed by atoms with van der Waals surface area (Å²) in [5, 5.41) is 2.80. The SMILES string of the molecule is COc1ccc(C(=O)Nc2ccc3c(c2)OCCO3)cc1N. The summed E-state index contributed by atoms with van der Waals surface area (Å²) < 4.78 is 16.0. The van der Waals surface area contributed by atoms with Crippen LogP contribution in [0.3, 0.4) is 0 Å². The number of carbonyl (C=O) groups excluding carboxylic acids is 1. The maximum Gasteiger partial charge on any atom is 0.255 e. The van der Waals surface area contributed by atoms with Gasteiger partial charge in [0.2, 0.25) is 0 Å². The predicted molar refractivity (Wildman–Crippen MR) is 82.8 cm³/mol. The number of rotatable bonds is 3. The van der Waals surface area contributed by atoms with Crippen molar-refractivity contribution in [3.63, 3.8) is 0 Å². The van der Waals surface area contributed by atoms with Crippen molar-refractivity contribution >= 4 is 17.3 Å². The Balaban J connectivity index is 1.78. The first-order valence-electron chi connectivity index (χ1n) is 6.82. The number of anilines is 2. The lowest BCUT2D eigenvalue weighted by atomic mass is 10.1. The van der Waals surface area contributed by atoms with E-state index in [9.17, 15) is 4.79 Å². The van der Waals surface area contributed by atoms with Crippen LogP contribution in [0.2, 0.25) is 0 Å². The molecular weight excluding hydrogens is 284 g/mol. The highest BCUT2D eigenvalue weighted by Gasteiger charge is 2.14. The van der Waals surface area contributed by atoms with Gasteiger partial charge < -0.3 is 25.3 Å². The Hall–Kier alpha value is -2.89. The molecular formula is C16H16N2O4. The molecule has 1 aliphatic rings. The lowest BCUT2D eigenvalue weighted by Crippen LogP contribution is -2.16. The highest BCUT2D eigenvalue weighted by atomic mass is 16.6. The van der Waals surface area contributed by atoms with E-state index < -0.39 is 0 Å². The van der Waals surface area contributed by atoms with Gasteiger partial charge in [0.1, 0.15) is 19.0 Å². The molecule has 0 saturated carbocycles. The zero-order valence-corrected chi connectivity index (χ0v) is 12.1. The van der Waals surface area contributed by atoms with E-state index in [1.54, 1.807) is 36.4 Å². The van der Waals surface area contributed by atoms with Gasteiger partial charge in [0, 0.05) is 17.3 Å². The Labute approximate surface area is 127 Å². The van der Waals surface area contributed by atoms with E-state index in [2.05, 4.69) is 5.32 Å². The van der Waals surface area contributed by atoms with Gasteiger partial charge in [-0.05, 0) is 30.3 Å². The van der Waals surface area contributed by atoms with Gasteiger partial charge in [-0.2, -0.15) is 0 Å². The quantitative estimate of drug-likeness (QED) is 0.850.